The van der Waals surface area contributed by atoms with E-state index in [-0.39, 0.29) is 10.8 Å². The molecule has 0 atom stereocenters. The molecule has 0 fully saturated rings. The molecule has 0 saturated carbocycles. The summed E-state index contributed by atoms with van der Waals surface area (Å²) >= 11 is 1.92. The van der Waals surface area contributed by atoms with Crippen LogP contribution in [0.4, 0.5) is 34.1 Å². The van der Waals surface area contributed by atoms with E-state index < -0.39 is 5.41 Å². The van der Waals surface area contributed by atoms with Gasteiger partial charge in [-0.2, -0.15) is 0 Å². The lowest BCUT2D eigenvalue weighted by Crippen LogP contribution is -2.29. The minimum absolute atomic E-state index is 0.0426. The fourth-order valence-corrected chi connectivity index (χ4v) is 16.0. The average molecular weight is 1180 g/mol. The van der Waals surface area contributed by atoms with E-state index in [1.54, 1.807) is 0 Å². The zero-order chi connectivity index (χ0) is 60.6. The van der Waals surface area contributed by atoms with Gasteiger partial charge in [0.15, 0.2) is 0 Å². The Balaban J connectivity index is 1.03. The highest BCUT2D eigenvalue weighted by Gasteiger charge is 2.49. The number of para-hydroxylation sites is 2. The Hall–Kier alpha value is -10.5. The van der Waals surface area contributed by atoms with Crippen LogP contribution >= 0.6 is 11.3 Å². The molecular weight excluding hydrogens is 1110 g/mol. The van der Waals surface area contributed by atoms with Crippen LogP contribution in [0.5, 0.6) is 0 Å². The summed E-state index contributed by atoms with van der Waals surface area (Å²) in [5, 5.41) is 9.13. The number of fused-ring (bicyclic) bond motifs is 15. The van der Waals surface area contributed by atoms with Crippen molar-refractivity contribution in [2.45, 2.75) is 57.8 Å². The molecule has 0 radical (unpaired) electrons. The quantitative estimate of drug-likeness (QED) is 0.144. The minimum atomic E-state index is -0.852. The van der Waals surface area contributed by atoms with E-state index in [0.29, 0.717) is 0 Å². The minimum Gasteiger partial charge on any atom is -0.456 e. The summed E-state index contributed by atoms with van der Waals surface area (Å²) < 4.78 is 16.0. The molecule has 0 spiro atoms. The van der Waals surface area contributed by atoms with Crippen molar-refractivity contribution in [3.05, 3.63) is 312 Å². The molecule has 17 rings (SSSR count). The zero-order valence-corrected chi connectivity index (χ0v) is 52.0. The van der Waals surface area contributed by atoms with E-state index in [0.717, 1.165) is 83.4 Å². The molecule has 0 saturated heterocycles. The standard InChI is InChI=1S/C85H64N2O2S/c1-83(2,3)55-35-39-59(40-36-55)86(61-43-46-66-64-29-18-20-32-74(64)88-76(66)49-61)72-51-70-79(68-31-17-16-28-63(68)72)81-71(85(70,57-24-12-8-13-25-57)58-26-14-9-15-27-58)52-73(80-69-45-34-54(48-78(69)90-82(80)81)53-22-10-7-11-23-53)87(60-41-37-56(38-42-60)84(4,5)6)62-44-47-67-65-30-19-21-33-75(65)89-77(67)50-62/h7-52H,1-6H3. The van der Waals surface area contributed by atoms with E-state index in [2.05, 4.69) is 330 Å². The number of nitrogens with zero attached hydrogens (tertiary/aromatic N) is 2. The molecular formula is C85H64N2O2S. The van der Waals surface area contributed by atoms with Crippen LogP contribution in [0.15, 0.2) is 288 Å². The van der Waals surface area contributed by atoms with Gasteiger partial charge in [0.25, 0.3) is 0 Å². The Kier molecular flexibility index (Phi) is 12.1. The summed E-state index contributed by atoms with van der Waals surface area (Å²) in [4.78, 5) is 5.00. The summed E-state index contributed by atoms with van der Waals surface area (Å²) in [7, 11) is 0. The molecule has 0 aliphatic heterocycles. The maximum absolute atomic E-state index is 6.80. The second-order valence-electron chi connectivity index (χ2n) is 26.4. The van der Waals surface area contributed by atoms with E-state index in [1.165, 1.54) is 81.2 Å². The molecule has 90 heavy (non-hydrogen) atoms. The van der Waals surface area contributed by atoms with Crippen molar-refractivity contribution < 1.29 is 8.83 Å². The molecule has 1 aliphatic rings. The van der Waals surface area contributed by atoms with Crippen molar-refractivity contribution in [2.75, 3.05) is 9.80 Å². The van der Waals surface area contributed by atoms with Crippen molar-refractivity contribution in [1.82, 2.24) is 0 Å². The van der Waals surface area contributed by atoms with Gasteiger partial charge in [-0.15, -0.1) is 11.3 Å². The van der Waals surface area contributed by atoms with Crippen molar-refractivity contribution in [1.29, 1.82) is 0 Å². The van der Waals surface area contributed by atoms with Gasteiger partial charge < -0.3 is 18.6 Å². The number of rotatable bonds is 9. The molecule has 432 valence electrons. The van der Waals surface area contributed by atoms with Crippen LogP contribution in [-0.2, 0) is 16.2 Å². The summed E-state index contributed by atoms with van der Waals surface area (Å²) in [6.45, 7) is 13.7. The lowest BCUT2D eigenvalue weighted by molar-refractivity contribution is 0.590. The van der Waals surface area contributed by atoms with Gasteiger partial charge in [0.2, 0.25) is 0 Å². The largest absolute Gasteiger partial charge is 0.456 e. The van der Waals surface area contributed by atoms with Gasteiger partial charge in [0.05, 0.1) is 16.8 Å². The third-order valence-corrected chi connectivity index (χ3v) is 20.2. The second-order valence-corrected chi connectivity index (χ2v) is 27.4. The lowest BCUT2D eigenvalue weighted by atomic mass is 9.67. The number of hydrogen-bond acceptors (Lipinski definition) is 5. The van der Waals surface area contributed by atoms with Gasteiger partial charge >= 0.3 is 0 Å². The Labute approximate surface area is 528 Å². The van der Waals surface area contributed by atoms with E-state index in [9.17, 15) is 0 Å². The predicted molar refractivity (Wildman–Crippen MR) is 381 cm³/mol. The third-order valence-electron chi connectivity index (χ3n) is 19.0. The van der Waals surface area contributed by atoms with Gasteiger partial charge in [-0.3, -0.25) is 0 Å². The van der Waals surface area contributed by atoms with Gasteiger partial charge in [-0.25, -0.2) is 0 Å². The van der Waals surface area contributed by atoms with Crippen LogP contribution in [0.3, 0.4) is 0 Å². The monoisotopic (exact) mass is 1180 g/mol. The van der Waals surface area contributed by atoms with Gasteiger partial charge in [0, 0.05) is 87.5 Å². The Morgan fingerprint density at radius 3 is 1.28 bits per heavy atom. The Bertz CT molecular complexity index is 5450. The summed E-state index contributed by atoms with van der Waals surface area (Å²) in [5.41, 5.74) is 21.0. The topological polar surface area (TPSA) is 32.8 Å². The molecule has 1 aliphatic carbocycles. The van der Waals surface area contributed by atoms with Crippen LogP contribution in [0.1, 0.15) is 74.9 Å². The van der Waals surface area contributed by atoms with Crippen LogP contribution in [0.25, 0.3) is 97.1 Å². The molecule has 16 aromatic rings. The number of thiophene rings is 1. The molecule has 0 unspecified atom stereocenters. The Morgan fingerprint density at radius 1 is 0.322 bits per heavy atom. The predicted octanol–water partition coefficient (Wildman–Crippen LogP) is 24.6. The maximum atomic E-state index is 6.80. The van der Waals surface area contributed by atoms with Crippen LogP contribution in [-0.4, -0.2) is 0 Å². The Morgan fingerprint density at radius 2 is 0.744 bits per heavy atom. The molecule has 3 aromatic heterocycles. The average Bonchev–Trinajstić information content (AvgIpc) is 1.50. The molecule has 3 heterocycles. The first kappa shape index (κ1) is 53.8. The van der Waals surface area contributed by atoms with E-state index in [1.807, 2.05) is 11.3 Å². The number of hydrogen-bond donors (Lipinski definition) is 0. The fourth-order valence-electron chi connectivity index (χ4n) is 14.7. The first-order valence-corrected chi connectivity index (χ1v) is 32.1. The maximum Gasteiger partial charge on any atom is 0.137 e. The van der Waals surface area contributed by atoms with Crippen LogP contribution < -0.4 is 9.80 Å². The number of furan rings is 2. The molecule has 0 bridgehead atoms. The second kappa shape index (κ2) is 20.3. The first-order valence-electron chi connectivity index (χ1n) is 31.3. The highest BCUT2D eigenvalue weighted by atomic mass is 32.1. The van der Waals surface area contributed by atoms with Crippen molar-refractivity contribution >= 4 is 120 Å². The molecule has 4 nitrogen and oxygen atoms in total. The molecule has 13 aromatic carbocycles. The van der Waals surface area contributed by atoms with Crippen LogP contribution in [0.2, 0.25) is 0 Å². The first-order chi connectivity index (χ1) is 43.9. The summed E-state index contributed by atoms with van der Waals surface area (Å²) in [6, 6.07) is 104. The van der Waals surface area contributed by atoms with Crippen LogP contribution in [0, 0.1) is 0 Å². The van der Waals surface area contributed by atoms with Gasteiger partial charge in [-0.1, -0.05) is 230 Å². The van der Waals surface area contributed by atoms with Crippen molar-refractivity contribution in [3.8, 4) is 22.3 Å². The highest BCUT2D eigenvalue weighted by molar-refractivity contribution is 7.26. The number of benzene rings is 13. The summed E-state index contributed by atoms with van der Waals surface area (Å²) in [6.07, 6.45) is 0. The smallest absolute Gasteiger partial charge is 0.137 e. The lowest BCUT2D eigenvalue weighted by Gasteiger charge is -2.36. The number of anilines is 6. The fraction of sp³-hybridized carbons (Fsp3) is 0.106. The van der Waals surface area contributed by atoms with Gasteiger partial charge in [-0.05, 0) is 145 Å². The SMILES string of the molecule is CC(C)(C)c1ccc(N(c2ccc3c(c2)oc2ccccc23)c2cc3c(c4ccccc24)-c2c(cc(N(c4ccc(C(C)(C)C)cc4)c4ccc5c(c4)oc4ccccc45)c4c2sc2cc(-c5ccccc5)ccc24)C3(c2ccccc2)c2ccccc2)cc1. The molecule has 0 amide bonds. The van der Waals surface area contributed by atoms with E-state index in [4.69, 9.17) is 8.83 Å². The molecule has 5 heteroatoms. The summed E-state index contributed by atoms with van der Waals surface area (Å²) in [5.74, 6) is 0. The molecule has 0 N–H and O–H groups in total. The van der Waals surface area contributed by atoms with Crippen molar-refractivity contribution in [3.63, 3.8) is 0 Å². The van der Waals surface area contributed by atoms with Crippen molar-refractivity contribution in [2.24, 2.45) is 0 Å². The van der Waals surface area contributed by atoms with Gasteiger partial charge in [0.1, 0.15) is 22.3 Å². The van der Waals surface area contributed by atoms with E-state index >= 15 is 0 Å². The highest BCUT2D eigenvalue weighted by Crippen LogP contribution is 2.64. The third kappa shape index (κ3) is 8.33. The zero-order valence-electron chi connectivity index (χ0n) is 51.2. The normalized spacial score (nSPS) is 13.1.